The minimum atomic E-state index is -0.205. The van der Waals surface area contributed by atoms with Gasteiger partial charge in [-0.25, -0.2) is 0 Å². The summed E-state index contributed by atoms with van der Waals surface area (Å²) < 4.78 is 0. The highest BCUT2D eigenvalue weighted by Crippen LogP contribution is 2.21. The van der Waals surface area contributed by atoms with Gasteiger partial charge in [0.15, 0.2) is 0 Å². The first kappa shape index (κ1) is 15.2. The van der Waals surface area contributed by atoms with Gasteiger partial charge in [-0.2, -0.15) is 0 Å². The van der Waals surface area contributed by atoms with Crippen LogP contribution in [0.3, 0.4) is 0 Å². The van der Waals surface area contributed by atoms with E-state index >= 15 is 0 Å². The number of rotatable bonds is 7. The van der Waals surface area contributed by atoms with E-state index in [2.05, 4.69) is 56.4 Å². The van der Waals surface area contributed by atoms with E-state index in [0.29, 0.717) is 5.92 Å². The number of hydrogen-bond acceptors (Lipinski definition) is 2. The Balaban J connectivity index is 2.38. The van der Waals surface area contributed by atoms with Crippen LogP contribution < -0.4 is 5.32 Å². The fourth-order valence-electron chi connectivity index (χ4n) is 2.29. The Bertz CT molecular complexity index is 332. The molecule has 1 aromatic carbocycles. The van der Waals surface area contributed by atoms with Crippen LogP contribution in [0.5, 0.6) is 0 Å². The summed E-state index contributed by atoms with van der Waals surface area (Å²) in [6.45, 7) is 10.5. The first-order valence-corrected chi connectivity index (χ1v) is 6.86. The van der Waals surface area contributed by atoms with Gasteiger partial charge in [0.1, 0.15) is 0 Å². The van der Waals surface area contributed by atoms with Gasteiger partial charge in [-0.15, -0.1) is 0 Å². The van der Waals surface area contributed by atoms with E-state index in [9.17, 15) is 5.11 Å². The van der Waals surface area contributed by atoms with Crippen molar-refractivity contribution in [2.45, 2.75) is 45.6 Å². The van der Waals surface area contributed by atoms with Gasteiger partial charge in [-0.05, 0) is 31.4 Å². The highest BCUT2D eigenvalue weighted by atomic mass is 16.3. The molecule has 102 valence electrons. The Hall–Kier alpha value is -0.860. The summed E-state index contributed by atoms with van der Waals surface area (Å²) in [5, 5.41) is 12.9. The molecule has 1 rings (SSSR count). The molecule has 0 bridgehead atoms. The first-order valence-electron chi connectivity index (χ1n) is 6.86. The average Bonchev–Trinajstić information content (AvgIpc) is 2.29. The highest BCUT2D eigenvalue weighted by molar-refractivity contribution is 5.23. The van der Waals surface area contributed by atoms with E-state index in [1.165, 1.54) is 5.56 Å². The summed E-state index contributed by atoms with van der Waals surface area (Å²) in [5.74, 6) is 0.511. The summed E-state index contributed by atoms with van der Waals surface area (Å²) in [5.41, 5.74) is 1.51. The molecule has 2 N–H and O–H groups in total. The van der Waals surface area contributed by atoms with Crippen molar-refractivity contribution in [1.82, 2.24) is 5.32 Å². The molecule has 0 aliphatic rings. The fraction of sp³-hybridized carbons (Fsp3) is 0.625. The van der Waals surface area contributed by atoms with Gasteiger partial charge in [0.05, 0.1) is 6.10 Å². The number of nitrogens with one attached hydrogen (secondary N) is 1. The monoisotopic (exact) mass is 249 g/mol. The number of hydrogen-bond donors (Lipinski definition) is 2. The van der Waals surface area contributed by atoms with Crippen molar-refractivity contribution in [3.63, 3.8) is 0 Å². The zero-order valence-corrected chi connectivity index (χ0v) is 12.1. The summed E-state index contributed by atoms with van der Waals surface area (Å²) in [4.78, 5) is 0. The second kappa shape index (κ2) is 6.91. The molecule has 2 unspecified atom stereocenters. The van der Waals surface area contributed by atoms with Crippen LogP contribution in [-0.4, -0.2) is 24.3 Å². The molecule has 2 heteroatoms. The van der Waals surface area contributed by atoms with Crippen molar-refractivity contribution >= 4 is 0 Å². The van der Waals surface area contributed by atoms with Crippen molar-refractivity contribution in [1.29, 1.82) is 0 Å². The molecular weight excluding hydrogens is 222 g/mol. The third-order valence-electron chi connectivity index (χ3n) is 3.36. The van der Waals surface area contributed by atoms with Gasteiger partial charge in [-0.1, -0.05) is 51.1 Å². The van der Waals surface area contributed by atoms with E-state index in [-0.39, 0.29) is 11.5 Å². The molecule has 0 saturated carbocycles. The maximum absolute atomic E-state index is 9.33. The summed E-state index contributed by atoms with van der Waals surface area (Å²) in [6, 6.07) is 10.6. The van der Waals surface area contributed by atoms with Gasteiger partial charge >= 0.3 is 0 Å². The number of benzene rings is 1. The van der Waals surface area contributed by atoms with Crippen molar-refractivity contribution in [2.75, 3.05) is 13.1 Å². The highest BCUT2D eigenvalue weighted by Gasteiger charge is 2.19. The van der Waals surface area contributed by atoms with Crippen LogP contribution in [0.2, 0.25) is 0 Å². The fourth-order valence-corrected chi connectivity index (χ4v) is 2.29. The summed E-state index contributed by atoms with van der Waals surface area (Å²) >= 11 is 0. The normalized spacial score (nSPS) is 15.4. The Morgan fingerprint density at radius 1 is 1.17 bits per heavy atom. The molecule has 0 fully saturated rings. The Labute approximate surface area is 111 Å². The van der Waals surface area contributed by atoms with Crippen LogP contribution >= 0.6 is 0 Å². The lowest BCUT2D eigenvalue weighted by atomic mass is 9.84. The predicted molar refractivity (Wildman–Crippen MR) is 77.8 cm³/mol. The molecule has 1 aromatic rings. The van der Waals surface area contributed by atoms with Crippen LogP contribution in [0.15, 0.2) is 30.3 Å². The van der Waals surface area contributed by atoms with E-state index in [1.807, 2.05) is 6.92 Å². The molecule has 0 aromatic heterocycles. The summed E-state index contributed by atoms with van der Waals surface area (Å²) in [6.07, 6.45) is 0.655. The van der Waals surface area contributed by atoms with Crippen molar-refractivity contribution in [2.24, 2.45) is 5.92 Å². The Kier molecular flexibility index (Phi) is 5.83. The average molecular weight is 249 g/mol. The van der Waals surface area contributed by atoms with Crippen LogP contribution in [0, 0.1) is 5.92 Å². The first-order chi connectivity index (χ1) is 8.42. The number of aliphatic hydroxyl groups is 1. The van der Waals surface area contributed by atoms with E-state index in [0.717, 1.165) is 19.5 Å². The minimum absolute atomic E-state index is 0.145. The van der Waals surface area contributed by atoms with Crippen LogP contribution in [0.1, 0.15) is 39.7 Å². The van der Waals surface area contributed by atoms with Crippen LogP contribution in [0.25, 0.3) is 0 Å². The SMILES string of the molecule is CC(O)CC(C)CNCC(C)(C)c1ccccc1. The maximum Gasteiger partial charge on any atom is 0.0515 e. The molecule has 0 aliphatic heterocycles. The zero-order chi connectivity index (χ0) is 13.6. The van der Waals surface area contributed by atoms with Gasteiger partial charge in [-0.3, -0.25) is 0 Å². The quantitative estimate of drug-likeness (QED) is 0.778. The van der Waals surface area contributed by atoms with Gasteiger partial charge in [0, 0.05) is 12.0 Å². The van der Waals surface area contributed by atoms with Gasteiger partial charge in [0.25, 0.3) is 0 Å². The molecule has 0 heterocycles. The molecule has 0 radical (unpaired) electrons. The topological polar surface area (TPSA) is 32.3 Å². The van der Waals surface area contributed by atoms with E-state index in [1.54, 1.807) is 0 Å². The Morgan fingerprint density at radius 3 is 2.33 bits per heavy atom. The smallest absolute Gasteiger partial charge is 0.0515 e. The largest absolute Gasteiger partial charge is 0.393 e. The molecule has 0 spiro atoms. The third kappa shape index (κ3) is 5.19. The number of aliphatic hydroxyl groups excluding tert-OH is 1. The van der Waals surface area contributed by atoms with E-state index < -0.39 is 0 Å². The van der Waals surface area contributed by atoms with Crippen molar-refractivity contribution in [3.8, 4) is 0 Å². The molecule has 0 amide bonds. The lowest BCUT2D eigenvalue weighted by molar-refractivity contribution is 0.163. The third-order valence-corrected chi connectivity index (χ3v) is 3.36. The molecular formula is C16H27NO. The second-order valence-corrected chi connectivity index (χ2v) is 6.07. The molecule has 0 saturated heterocycles. The Morgan fingerprint density at radius 2 is 1.78 bits per heavy atom. The predicted octanol–water partition coefficient (Wildman–Crippen LogP) is 2.96. The molecule has 2 atom stereocenters. The maximum atomic E-state index is 9.33. The van der Waals surface area contributed by atoms with Gasteiger partial charge in [0.2, 0.25) is 0 Å². The zero-order valence-electron chi connectivity index (χ0n) is 12.1. The van der Waals surface area contributed by atoms with Gasteiger partial charge < -0.3 is 10.4 Å². The molecule has 2 nitrogen and oxygen atoms in total. The lowest BCUT2D eigenvalue weighted by Crippen LogP contribution is -2.35. The molecule has 0 aliphatic carbocycles. The second-order valence-electron chi connectivity index (χ2n) is 6.07. The van der Waals surface area contributed by atoms with Crippen LogP contribution in [0.4, 0.5) is 0 Å². The van der Waals surface area contributed by atoms with Crippen molar-refractivity contribution in [3.05, 3.63) is 35.9 Å². The van der Waals surface area contributed by atoms with Crippen molar-refractivity contribution < 1.29 is 5.11 Å². The lowest BCUT2D eigenvalue weighted by Gasteiger charge is -2.27. The van der Waals surface area contributed by atoms with E-state index in [4.69, 9.17) is 0 Å². The minimum Gasteiger partial charge on any atom is -0.393 e. The standard InChI is InChI=1S/C16H27NO/c1-13(10-14(2)18)11-17-12-16(3,4)15-8-6-5-7-9-15/h5-9,13-14,17-18H,10-12H2,1-4H3. The molecule has 18 heavy (non-hydrogen) atoms. The summed E-state index contributed by atoms with van der Waals surface area (Å²) in [7, 11) is 0. The van der Waals surface area contributed by atoms with Crippen LogP contribution in [-0.2, 0) is 5.41 Å².